The highest BCUT2D eigenvalue weighted by atomic mass is 35.5. The van der Waals surface area contributed by atoms with Gasteiger partial charge in [0.1, 0.15) is 11.6 Å². The Labute approximate surface area is 102 Å². The van der Waals surface area contributed by atoms with Crippen LogP contribution in [0.1, 0.15) is 5.56 Å². The Balaban J connectivity index is 2.37. The Morgan fingerprint density at radius 2 is 1.94 bits per heavy atom. The highest BCUT2D eigenvalue weighted by Crippen LogP contribution is 2.19. The van der Waals surface area contributed by atoms with Crippen LogP contribution in [-0.2, 0) is 0 Å². The van der Waals surface area contributed by atoms with E-state index in [0.29, 0.717) is 10.7 Å². The average molecular weight is 246 g/mol. The first-order valence-corrected chi connectivity index (χ1v) is 5.23. The SMILES string of the molecule is N#Cc1c(Nc2ccc(Cl)cc2)cc[nH]c1=O. The van der Waals surface area contributed by atoms with Crippen LogP contribution >= 0.6 is 11.6 Å². The van der Waals surface area contributed by atoms with Crippen molar-refractivity contribution in [3.05, 3.63) is 57.5 Å². The molecule has 1 aromatic carbocycles. The predicted octanol–water partition coefficient (Wildman–Crippen LogP) is 2.64. The number of aromatic nitrogens is 1. The molecule has 2 rings (SSSR count). The van der Waals surface area contributed by atoms with Crippen LogP contribution < -0.4 is 10.9 Å². The van der Waals surface area contributed by atoms with E-state index in [1.165, 1.54) is 6.20 Å². The molecule has 0 radical (unpaired) electrons. The number of nitrogens with zero attached hydrogens (tertiary/aromatic N) is 1. The maximum Gasteiger partial charge on any atom is 0.268 e. The largest absolute Gasteiger partial charge is 0.354 e. The number of anilines is 2. The van der Waals surface area contributed by atoms with Crippen molar-refractivity contribution in [3.63, 3.8) is 0 Å². The first-order chi connectivity index (χ1) is 8.20. The molecule has 1 aromatic heterocycles. The molecule has 0 saturated heterocycles. The molecule has 0 fully saturated rings. The molecule has 0 saturated carbocycles. The minimum Gasteiger partial charge on any atom is -0.354 e. The Morgan fingerprint density at radius 3 is 2.59 bits per heavy atom. The van der Waals surface area contributed by atoms with Gasteiger partial charge in [-0.2, -0.15) is 5.26 Å². The fourth-order valence-corrected chi connectivity index (χ4v) is 1.51. The van der Waals surface area contributed by atoms with Gasteiger partial charge in [0, 0.05) is 16.9 Å². The van der Waals surface area contributed by atoms with Crippen LogP contribution in [0.2, 0.25) is 5.02 Å². The molecule has 0 aliphatic carbocycles. The van der Waals surface area contributed by atoms with Crippen molar-refractivity contribution < 1.29 is 0 Å². The average Bonchev–Trinajstić information content (AvgIpc) is 2.32. The molecule has 1 heterocycles. The van der Waals surface area contributed by atoms with Crippen LogP contribution in [0.5, 0.6) is 0 Å². The first-order valence-electron chi connectivity index (χ1n) is 4.85. The van der Waals surface area contributed by atoms with Crippen molar-refractivity contribution in [2.45, 2.75) is 0 Å². The fraction of sp³-hybridized carbons (Fsp3) is 0. The molecule has 0 aliphatic rings. The summed E-state index contributed by atoms with van der Waals surface area (Å²) in [6, 6.07) is 10.5. The summed E-state index contributed by atoms with van der Waals surface area (Å²) >= 11 is 5.76. The summed E-state index contributed by atoms with van der Waals surface area (Å²) in [7, 11) is 0. The van der Waals surface area contributed by atoms with Crippen LogP contribution in [-0.4, -0.2) is 4.98 Å². The Bertz CT molecular complexity index is 625. The van der Waals surface area contributed by atoms with E-state index in [1.807, 2.05) is 6.07 Å². The Morgan fingerprint density at radius 1 is 1.24 bits per heavy atom. The molecule has 5 heteroatoms. The molecule has 4 nitrogen and oxygen atoms in total. The summed E-state index contributed by atoms with van der Waals surface area (Å²) in [5, 5.41) is 12.5. The summed E-state index contributed by atoms with van der Waals surface area (Å²) in [6.45, 7) is 0. The lowest BCUT2D eigenvalue weighted by molar-refractivity contribution is 1.21. The lowest BCUT2D eigenvalue weighted by Gasteiger charge is -2.07. The van der Waals surface area contributed by atoms with Gasteiger partial charge in [0.2, 0.25) is 0 Å². The van der Waals surface area contributed by atoms with Gasteiger partial charge < -0.3 is 10.3 Å². The molecule has 17 heavy (non-hydrogen) atoms. The van der Waals surface area contributed by atoms with Gasteiger partial charge in [-0.15, -0.1) is 0 Å². The first kappa shape index (κ1) is 11.2. The van der Waals surface area contributed by atoms with E-state index in [1.54, 1.807) is 30.3 Å². The second kappa shape index (κ2) is 4.73. The highest BCUT2D eigenvalue weighted by Gasteiger charge is 2.05. The van der Waals surface area contributed by atoms with Gasteiger partial charge >= 0.3 is 0 Å². The number of pyridine rings is 1. The van der Waals surface area contributed by atoms with E-state index in [0.717, 1.165) is 5.69 Å². The van der Waals surface area contributed by atoms with Crippen LogP contribution in [0.25, 0.3) is 0 Å². The molecule has 0 spiro atoms. The summed E-state index contributed by atoms with van der Waals surface area (Å²) in [5.74, 6) is 0. The van der Waals surface area contributed by atoms with Gasteiger partial charge in [0.05, 0.1) is 5.69 Å². The standard InChI is InChI=1S/C12H8ClN3O/c13-8-1-3-9(4-2-8)16-11-5-6-15-12(17)10(11)7-14/h1-6H,(H2,15,16,17). The molecule has 0 amide bonds. The molecular formula is C12H8ClN3O. The predicted molar refractivity (Wildman–Crippen MR) is 66.5 cm³/mol. The zero-order valence-electron chi connectivity index (χ0n) is 8.70. The van der Waals surface area contributed by atoms with Gasteiger partial charge in [0.15, 0.2) is 0 Å². The third-order valence-corrected chi connectivity index (χ3v) is 2.45. The number of aromatic amines is 1. The van der Waals surface area contributed by atoms with Crippen LogP contribution in [0.3, 0.4) is 0 Å². The van der Waals surface area contributed by atoms with Gasteiger partial charge in [-0.25, -0.2) is 0 Å². The molecule has 2 N–H and O–H groups in total. The molecule has 2 aromatic rings. The van der Waals surface area contributed by atoms with Gasteiger partial charge in [-0.1, -0.05) is 11.6 Å². The number of H-pyrrole nitrogens is 1. The Hall–Kier alpha value is -2.25. The number of benzene rings is 1. The minimum atomic E-state index is -0.411. The maximum absolute atomic E-state index is 11.4. The van der Waals surface area contributed by atoms with E-state index in [9.17, 15) is 4.79 Å². The third kappa shape index (κ3) is 2.47. The lowest BCUT2D eigenvalue weighted by Crippen LogP contribution is -2.11. The van der Waals surface area contributed by atoms with Crippen LogP contribution in [0, 0.1) is 11.3 Å². The van der Waals surface area contributed by atoms with Crippen molar-refractivity contribution in [1.29, 1.82) is 5.26 Å². The van der Waals surface area contributed by atoms with E-state index < -0.39 is 5.56 Å². The van der Waals surface area contributed by atoms with Gasteiger partial charge in [-0.05, 0) is 30.3 Å². The quantitative estimate of drug-likeness (QED) is 0.855. The second-order valence-electron chi connectivity index (χ2n) is 3.34. The fourth-order valence-electron chi connectivity index (χ4n) is 1.38. The van der Waals surface area contributed by atoms with Crippen molar-refractivity contribution in [3.8, 4) is 6.07 Å². The summed E-state index contributed by atoms with van der Waals surface area (Å²) in [6.07, 6.45) is 1.49. The smallest absolute Gasteiger partial charge is 0.268 e. The minimum absolute atomic E-state index is 0.0578. The lowest BCUT2D eigenvalue weighted by atomic mass is 10.2. The summed E-state index contributed by atoms with van der Waals surface area (Å²) in [4.78, 5) is 13.8. The van der Waals surface area contributed by atoms with Gasteiger partial charge in [0.25, 0.3) is 5.56 Å². The molecule has 0 aliphatic heterocycles. The zero-order valence-corrected chi connectivity index (χ0v) is 9.45. The topological polar surface area (TPSA) is 68.7 Å². The van der Waals surface area contributed by atoms with E-state index in [4.69, 9.17) is 16.9 Å². The summed E-state index contributed by atoms with van der Waals surface area (Å²) in [5.41, 5.74) is 0.879. The monoisotopic (exact) mass is 245 g/mol. The van der Waals surface area contributed by atoms with Crippen molar-refractivity contribution >= 4 is 23.0 Å². The number of rotatable bonds is 2. The summed E-state index contributed by atoms with van der Waals surface area (Å²) < 4.78 is 0. The van der Waals surface area contributed by atoms with E-state index in [-0.39, 0.29) is 5.56 Å². The van der Waals surface area contributed by atoms with Crippen LogP contribution in [0.15, 0.2) is 41.3 Å². The van der Waals surface area contributed by atoms with Crippen molar-refractivity contribution in [2.24, 2.45) is 0 Å². The molecular weight excluding hydrogens is 238 g/mol. The van der Waals surface area contributed by atoms with Crippen LogP contribution in [0.4, 0.5) is 11.4 Å². The number of nitrogens with one attached hydrogen (secondary N) is 2. The number of nitriles is 1. The number of hydrogen-bond donors (Lipinski definition) is 2. The van der Waals surface area contributed by atoms with E-state index in [2.05, 4.69) is 10.3 Å². The molecule has 84 valence electrons. The molecule has 0 bridgehead atoms. The molecule has 0 atom stereocenters. The third-order valence-electron chi connectivity index (χ3n) is 2.20. The second-order valence-corrected chi connectivity index (χ2v) is 3.78. The highest BCUT2D eigenvalue weighted by molar-refractivity contribution is 6.30. The number of hydrogen-bond acceptors (Lipinski definition) is 3. The zero-order chi connectivity index (χ0) is 12.3. The molecule has 0 unspecified atom stereocenters. The van der Waals surface area contributed by atoms with Gasteiger partial charge in [-0.3, -0.25) is 4.79 Å². The van der Waals surface area contributed by atoms with Crippen molar-refractivity contribution in [2.75, 3.05) is 5.32 Å². The number of halogens is 1. The normalized spacial score (nSPS) is 9.65. The Kier molecular flexibility index (Phi) is 3.12. The maximum atomic E-state index is 11.4. The van der Waals surface area contributed by atoms with E-state index >= 15 is 0 Å². The van der Waals surface area contributed by atoms with Crippen molar-refractivity contribution in [1.82, 2.24) is 4.98 Å².